The van der Waals surface area contributed by atoms with Gasteiger partial charge in [0.2, 0.25) is 5.95 Å². The minimum absolute atomic E-state index is 0.0531. The largest absolute Gasteiger partial charge is 0.480 e. The van der Waals surface area contributed by atoms with E-state index in [2.05, 4.69) is 30.3 Å². The summed E-state index contributed by atoms with van der Waals surface area (Å²) in [4.78, 5) is 15.3. The maximum absolute atomic E-state index is 12.5. The van der Waals surface area contributed by atoms with Crippen LogP contribution in [-0.4, -0.2) is 56.5 Å². The quantitative estimate of drug-likeness (QED) is 0.662. The lowest BCUT2D eigenvalue weighted by atomic mass is 9.92. The topological polar surface area (TPSA) is 80.5 Å². The third kappa shape index (κ3) is 4.08. The Labute approximate surface area is 176 Å². The van der Waals surface area contributed by atoms with Crippen molar-refractivity contribution in [3.05, 3.63) is 36.4 Å². The second kappa shape index (κ2) is 7.54. The number of hydrogen-bond donors (Lipinski definition) is 1. The van der Waals surface area contributed by atoms with E-state index < -0.39 is 12.8 Å². The van der Waals surface area contributed by atoms with Gasteiger partial charge in [0, 0.05) is 37.1 Å². The molecule has 0 aromatic carbocycles. The van der Waals surface area contributed by atoms with Crippen molar-refractivity contribution in [2.45, 2.75) is 32.0 Å². The molecule has 1 saturated heterocycles. The number of aryl methyl sites for hydroxylation is 1. The maximum Gasteiger partial charge on any atom is 0.422 e. The van der Waals surface area contributed by atoms with Gasteiger partial charge in [-0.2, -0.15) is 18.2 Å². The third-order valence-corrected chi connectivity index (χ3v) is 5.96. The van der Waals surface area contributed by atoms with Crippen molar-refractivity contribution in [1.29, 1.82) is 0 Å². The molecular weight excluding hydrogens is 411 g/mol. The highest BCUT2D eigenvalue weighted by atomic mass is 19.4. The number of anilines is 2. The Balaban J connectivity index is 1.31. The minimum Gasteiger partial charge on any atom is -0.480 e. The molecule has 1 aliphatic carbocycles. The van der Waals surface area contributed by atoms with Crippen molar-refractivity contribution in [2.75, 3.05) is 29.9 Å². The van der Waals surface area contributed by atoms with E-state index in [1.165, 1.54) is 10.6 Å². The van der Waals surface area contributed by atoms with E-state index in [0.717, 1.165) is 37.4 Å². The van der Waals surface area contributed by atoms with Crippen LogP contribution in [0.1, 0.15) is 18.5 Å². The molecule has 1 saturated carbocycles. The molecule has 8 nitrogen and oxygen atoms in total. The molecule has 0 amide bonds. The highest BCUT2D eigenvalue weighted by molar-refractivity contribution is 5.56. The summed E-state index contributed by atoms with van der Waals surface area (Å²) in [6.07, 6.45) is 1.01. The molecule has 11 heteroatoms. The Kier molecular flexibility index (Phi) is 4.82. The standard InChI is InChI=1S/C20H22F3N7O/c1-12-7-16(25-11-24-12)29-8-13-4-5-14(9-29)17(13)26-19-27-18-15(31-10-20(21,22)23)3-2-6-30(18)28-19/h2-3,6-7,11,13-14,17H,4-5,8-10H2,1H3,(H,26,28)/t13-,14+,17?. The van der Waals surface area contributed by atoms with Crippen molar-refractivity contribution in [2.24, 2.45) is 11.8 Å². The van der Waals surface area contributed by atoms with Gasteiger partial charge >= 0.3 is 6.18 Å². The first-order valence-corrected chi connectivity index (χ1v) is 10.2. The molecule has 1 aliphatic heterocycles. The molecule has 3 aromatic rings. The number of piperidine rings is 1. The molecule has 2 fully saturated rings. The van der Waals surface area contributed by atoms with E-state index in [1.54, 1.807) is 18.6 Å². The first kappa shape index (κ1) is 19.8. The smallest absolute Gasteiger partial charge is 0.422 e. The zero-order valence-electron chi connectivity index (χ0n) is 16.9. The molecule has 1 unspecified atom stereocenters. The van der Waals surface area contributed by atoms with Crippen LogP contribution in [-0.2, 0) is 0 Å². The van der Waals surface area contributed by atoms with Crippen LogP contribution in [0.4, 0.5) is 24.9 Å². The van der Waals surface area contributed by atoms with Gasteiger partial charge in [-0.05, 0) is 43.7 Å². The number of fused-ring (bicyclic) bond motifs is 3. The Morgan fingerprint density at radius 3 is 2.68 bits per heavy atom. The van der Waals surface area contributed by atoms with E-state index in [1.807, 2.05) is 13.0 Å². The van der Waals surface area contributed by atoms with Gasteiger partial charge in [-0.3, -0.25) is 0 Å². The molecular formula is C20H22F3N7O. The molecule has 2 aliphatic rings. The number of nitrogens with one attached hydrogen (secondary N) is 1. The van der Waals surface area contributed by atoms with Gasteiger partial charge in [-0.1, -0.05) is 0 Å². The molecule has 0 spiro atoms. The molecule has 2 bridgehead atoms. The van der Waals surface area contributed by atoms with Crippen LogP contribution in [0.3, 0.4) is 0 Å². The zero-order valence-corrected chi connectivity index (χ0v) is 16.9. The highest BCUT2D eigenvalue weighted by Crippen LogP contribution is 2.39. The number of pyridine rings is 1. The minimum atomic E-state index is -4.41. The lowest BCUT2D eigenvalue weighted by Gasteiger charge is -2.38. The summed E-state index contributed by atoms with van der Waals surface area (Å²) in [5, 5.41) is 7.83. The van der Waals surface area contributed by atoms with Crippen LogP contribution in [0.5, 0.6) is 5.75 Å². The van der Waals surface area contributed by atoms with Crippen molar-refractivity contribution < 1.29 is 17.9 Å². The van der Waals surface area contributed by atoms with Crippen molar-refractivity contribution in [1.82, 2.24) is 24.6 Å². The number of alkyl halides is 3. The summed E-state index contributed by atoms with van der Waals surface area (Å²) >= 11 is 0. The fraction of sp³-hybridized carbons (Fsp3) is 0.500. The fourth-order valence-corrected chi connectivity index (χ4v) is 4.62. The second-order valence-electron chi connectivity index (χ2n) is 8.17. The highest BCUT2D eigenvalue weighted by Gasteiger charge is 2.43. The number of halogens is 3. The Morgan fingerprint density at radius 1 is 1.19 bits per heavy atom. The van der Waals surface area contributed by atoms with Crippen molar-refractivity contribution in [3.8, 4) is 5.75 Å². The van der Waals surface area contributed by atoms with E-state index in [-0.39, 0.29) is 17.4 Å². The van der Waals surface area contributed by atoms with Crippen molar-refractivity contribution in [3.63, 3.8) is 0 Å². The molecule has 164 valence electrons. The van der Waals surface area contributed by atoms with Gasteiger partial charge in [0.15, 0.2) is 18.0 Å². The molecule has 0 radical (unpaired) electrons. The molecule has 1 N–H and O–H groups in total. The van der Waals surface area contributed by atoms with Crippen LogP contribution in [0.25, 0.3) is 5.65 Å². The predicted molar refractivity (Wildman–Crippen MR) is 107 cm³/mol. The summed E-state index contributed by atoms with van der Waals surface area (Å²) in [6, 6.07) is 5.25. The van der Waals surface area contributed by atoms with Gasteiger partial charge in [0.1, 0.15) is 12.1 Å². The van der Waals surface area contributed by atoms with Gasteiger partial charge in [-0.15, -0.1) is 5.10 Å². The fourth-order valence-electron chi connectivity index (χ4n) is 4.62. The van der Waals surface area contributed by atoms with Crippen LogP contribution >= 0.6 is 0 Å². The average molecular weight is 433 g/mol. The van der Waals surface area contributed by atoms with Gasteiger partial charge < -0.3 is 15.0 Å². The lowest BCUT2D eigenvalue weighted by Crippen LogP contribution is -2.48. The lowest BCUT2D eigenvalue weighted by molar-refractivity contribution is -0.153. The Bertz CT molecular complexity index is 1070. The summed E-state index contributed by atoms with van der Waals surface area (Å²) in [7, 11) is 0. The molecule has 3 atom stereocenters. The van der Waals surface area contributed by atoms with E-state index in [4.69, 9.17) is 4.74 Å². The second-order valence-corrected chi connectivity index (χ2v) is 8.17. The van der Waals surface area contributed by atoms with Crippen molar-refractivity contribution >= 4 is 17.4 Å². The summed E-state index contributed by atoms with van der Waals surface area (Å²) in [6.45, 7) is 2.33. The normalized spacial score (nSPS) is 23.4. The third-order valence-electron chi connectivity index (χ3n) is 5.96. The number of ether oxygens (including phenoxy) is 1. The van der Waals surface area contributed by atoms with Crippen LogP contribution in [0, 0.1) is 18.8 Å². The maximum atomic E-state index is 12.5. The zero-order chi connectivity index (χ0) is 21.6. The first-order valence-electron chi connectivity index (χ1n) is 10.2. The molecule has 4 heterocycles. The predicted octanol–water partition coefficient (Wildman–Crippen LogP) is 3.10. The van der Waals surface area contributed by atoms with E-state index >= 15 is 0 Å². The Hall–Kier alpha value is -3.11. The average Bonchev–Trinajstić information content (AvgIpc) is 3.22. The summed E-state index contributed by atoms with van der Waals surface area (Å²) in [5.74, 6) is 2.21. The first-order chi connectivity index (χ1) is 14.9. The van der Waals surface area contributed by atoms with E-state index in [9.17, 15) is 13.2 Å². The van der Waals surface area contributed by atoms with Gasteiger partial charge in [0.25, 0.3) is 0 Å². The van der Waals surface area contributed by atoms with Crippen LogP contribution < -0.4 is 15.0 Å². The number of nitrogens with zero attached hydrogens (tertiary/aromatic N) is 6. The SMILES string of the molecule is Cc1cc(N2C[C@H]3CC[C@@H](C2)C3Nc2nc3c(OCC(F)(F)F)cccn3n2)ncn1. The van der Waals surface area contributed by atoms with Gasteiger partial charge in [0.05, 0.1) is 0 Å². The number of aromatic nitrogens is 5. The number of rotatable bonds is 5. The molecule has 3 aromatic heterocycles. The van der Waals surface area contributed by atoms with Gasteiger partial charge in [-0.25, -0.2) is 14.5 Å². The van der Waals surface area contributed by atoms with Crippen LogP contribution in [0.2, 0.25) is 0 Å². The Morgan fingerprint density at radius 2 is 1.97 bits per heavy atom. The summed E-state index contributed by atoms with van der Waals surface area (Å²) in [5.41, 5.74) is 1.20. The van der Waals surface area contributed by atoms with E-state index in [0.29, 0.717) is 17.8 Å². The van der Waals surface area contributed by atoms with Crippen LogP contribution in [0.15, 0.2) is 30.7 Å². The summed E-state index contributed by atoms with van der Waals surface area (Å²) < 4.78 is 44.0. The number of hydrogen-bond acceptors (Lipinski definition) is 7. The molecule has 31 heavy (non-hydrogen) atoms. The molecule has 5 rings (SSSR count). The monoisotopic (exact) mass is 433 g/mol.